The third-order valence-electron chi connectivity index (χ3n) is 8.16. The Bertz CT molecular complexity index is 1610. The smallest absolute Gasteiger partial charge is 0.126 e. The van der Waals surface area contributed by atoms with E-state index in [2.05, 4.69) is 89.3 Å². The van der Waals surface area contributed by atoms with Crippen molar-refractivity contribution in [1.82, 2.24) is 0 Å². The first-order valence-electron chi connectivity index (χ1n) is 15.0. The van der Waals surface area contributed by atoms with Crippen LogP contribution in [0.1, 0.15) is 44.5 Å². The maximum absolute atomic E-state index is 6.54. The number of hydrogen-bond acceptors (Lipinski definition) is 6. The van der Waals surface area contributed by atoms with E-state index in [0.717, 1.165) is 67.5 Å². The molecule has 0 amide bonds. The monoisotopic (exact) mass is 690 g/mol. The van der Waals surface area contributed by atoms with E-state index in [-0.39, 0.29) is 0 Å². The van der Waals surface area contributed by atoms with Gasteiger partial charge < -0.3 is 28.4 Å². The van der Waals surface area contributed by atoms with Crippen molar-refractivity contribution in [3.05, 3.63) is 115 Å². The van der Waals surface area contributed by atoms with Crippen molar-refractivity contribution in [1.29, 1.82) is 0 Å². The number of ether oxygens (including phenoxy) is 6. The molecular formula is C36H35IO6. The quantitative estimate of drug-likeness (QED) is 0.172. The van der Waals surface area contributed by atoms with Crippen LogP contribution in [0, 0.1) is 3.57 Å². The van der Waals surface area contributed by atoms with Crippen LogP contribution in [0.15, 0.2) is 66.7 Å². The number of rotatable bonds is 0. The number of benzene rings is 4. The molecule has 0 fully saturated rings. The lowest BCUT2D eigenvalue weighted by atomic mass is 9.91. The van der Waals surface area contributed by atoms with Gasteiger partial charge in [-0.15, -0.1) is 0 Å². The number of hydrogen-bond donors (Lipinski definition) is 0. The van der Waals surface area contributed by atoms with Gasteiger partial charge in [-0.3, -0.25) is 0 Å². The summed E-state index contributed by atoms with van der Waals surface area (Å²) in [5.74, 6) is 3.67. The first kappa shape index (κ1) is 28.5. The second-order valence-corrected chi connectivity index (χ2v) is 12.3. The molecule has 0 radical (unpaired) electrons. The van der Waals surface area contributed by atoms with E-state index in [9.17, 15) is 0 Å². The molecule has 4 aromatic carbocycles. The van der Waals surface area contributed by atoms with Crippen LogP contribution in [0.3, 0.4) is 0 Å². The predicted molar refractivity (Wildman–Crippen MR) is 173 cm³/mol. The van der Waals surface area contributed by atoms with Crippen molar-refractivity contribution in [3.8, 4) is 23.0 Å². The maximum atomic E-state index is 6.54. The Balaban J connectivity index is 1.48. The topological polar surface area (TPSA) is 55.4 Å². The Morgan fingerprint density at radius 3 is 0.977 bits per heavy atom. The Labute approximate surface area is 266 Å². The average molecular weight is 691 g/mol. The van der Waals surface area contributed by atoms with Crippen LogP contribution in [-0.4, -0.2) is 52.9 Å². The van der Waals surface area contributed by atoms with E-state index < -0.39 is 0 Å². The third kappa shape index (κ3) is 6.35. The van der Waals surface area contributed by atoms with Gasteiger partial charge in [0.1, 0.15) is 49.4 Å². The molecule has 0 saturated heterocycles. The zero-order valence-electron chi connectivity index (χ0n) is 24.2. The molecule has 0 spiro atoms. The molecule has 2 aliphatic heterocycles. The van der Waals surface area contributed by atoms with Crippen molar-refractivity contribution in [2.75, 3.05) is 52.9 Å². The van der Waals surface area contributed by atoms with Gasteiger partial charge in [-0.2, -0.15) is 0 Å². The fourth-order valence-corrected chi connectivity index (χ4v) is 7.05. The molecule has 4 aromatic rings. The standard InChI is InChI=1S/C36H35IO6/c37-32-22-30-20-28-8-2-6-26-18-24-4-1-5-25(33(24)40-14-10-38-11-15-41-34(26)28)19-27-7-3-9-29-21-31(23-32)36(30)43-17-13-39-12-16-42-35(27)29/h1-9,22-23H,10-21H2. The lowest BCUT2D eigenvalue weighted by molar-refractivity contribution is 0.0744. The highest BCUT2D eigenvalue weighted by atomic mass is 127. The van der Waals surface area contributed by atoms with Crippen LogP contribution in [0.4, 0.5) is 0 Å². The van der Waals surface area contributed by atoms with Crippen molar-refractivity contribution in [2.24, 2.45) is 0 Å². The average Bonchev–Trinajstić information content (AvgIpc) is 2.98. The lowest BCUT2D eigenvalue weighted by Crippen LogP contribution is -2.17. The number of para-hydroxylation sites is 3. The fourth-order valence-electron chi connectivity index (χ4n) is 6.30. The summed E-state index contributed by atoms with van der Waals surface area (Å²) >= 11 is 2.42. The van der Waals surface area contributed by atoms with Gasteiger partial charge in [0.15, 0.2) is 0 Å². The first-order chi connectivity index (χ1) is 21.2. The summed E-state index contributed by atoms with van der Waals surface area (Å²) in [6, 6.07) is 23.9. The van der Waals surface area contributed by atoms with Gasteiger partial charge in [-0.1, -0.05) is 54.6 Å². The number of halogens is 1. The summed E-state index contributed by atoms with van der Waals surface area (Å²) in [6.07, 6.45) is 2.76. The molecule has 1 aliphatic carbocycles. The summed E-state index contributed by atoms with van der Waals surface area (Å²) in [4.78, 5) is 0. The molecule has 7 rings (SSSR count). The van der Waals surface area contributed by atoms with Gasteiger partial charge in [-0.05, 0) is 79.2 Å². The van der Waals surface area contributed by atoms with Gasteiger partial charge in [-0.25, -0.2) is 0 Å². The van der Waals surface area contributed by atoms with E-state index in [0.29, 0.717) is 78.5 Å². The van der Waals surface area contributed by atoms with Crippen molar-refractivity contribution in [3.63, 3.8) is 0 Å². The molecule has 0 unspecified atom stereocenters. The zero-order chi connectivity index (χ0) is 29.0. The summed E-state index contributed by atoms with van der Waals surface area (Å²) in [7, 11) is 0. The minimum Gasteiger partial charge on any atom is -0.491 e. The predicted octanol–water partition coefficient (Wildman–Crippen LogP) is 6.54. The van der Waals surface area contributed by atoms with Crippen LogP contribution < -0.4 is 18.9 Å². The molecular weight excluding hydrogens is 655 g/mol. The molecule has 6 nitrogen and oxygen atoms in total. The SMILES string of the molecule is Ic1cc2c3c(c1)Cc1cccc(c1OCCOCCO3)Cc1cccc3c1OCCOCCOc1c(cccc1C2)C3. The van der Waals surface area contributed by atoms with Crippen molar-refractivity contribution < 1.29 is 28.4 Å². The second-order valence-electron chi connectivity index (χ2n) is 11.1. The van der Waals surface area contributed by atoms with Gasteiger partial charge >= 0.3 is 0 Å². The first-order valence-corrected chi connectivity index (χ1v) is 16.1. The lowest BCUT2D eigenvalue weighted by Gasteiger charge is -2.24. The van der Waals surface area contributed by atoms with E-state index >= 15 is 0 Å². The van der Waals surface area contributed by atoms with Crippen LogP contribution in [0.25, 0.3) is 0 Å². The third-order valence-corrected chi connectivity index (χ3v) is 8.78. The highest BCUT2D eigenvalue weighted by Gasteiger charge is 2.22. The van der Waals surface area contributed by atoms with Crippen LogP contribution in [0.5, 0.6) is 23.0 Å². The minimum absolute atomic E-state index is 0.478. The van der Waals surface area contributed by atoms with Crippen LogP contribution in [0.2, 0.25) is 0 Å². The molecule has 0 aromatic heterocycles. The summed E-state index contributed by atoms with van der Waals surface area (Å²) in [5.41, 5.74) is 9.06. The Kier molecular flexibility index (Phi) is 8.72. The van der Waals surface area contributed by atoms with E-state index in [1.165, 1.54) is 3.57 Å². The molecule has 43 heavy (non-hydrogen) atoms. The Morgan fingerprint density at radius 2 is 0.651 bits per heavy atom. The second kappa shape index (κ2) is 13.2. The van der Waals surface area contributed by atoms with Crippen LogP contribution >= 0.6 is 22.6 Å². The molecule has 12 bridgehead atoms. The Hall–Kier alpha value is -3.27. The van der Waals surface area contributed by atoms with Gasteiger partial charge in [0.25, 0.3) is 0 Å². The zero-order valence-corrected chi connectivity index (χ0v) is 26.3. The van der Waals surface area contributed by atoms with E-state index in [4.69, 9.17) is 28.4 Å². The maximum Gasteiger partial charge on any atom is 0.126 e. The molecule has 7 heteroatoms. The molecule has 222 valence electrons. The normalized spacial score (nSPS) is 16.9. The molecule has 0 N–H and O–H groups in total. The molecule has 3 aliphatic rings. The van der Waals surface area contributed by atoms with Gasteiger partial charge in [0.05, 0.1) is 26.4 Å². The highest BCUT2D eigenvalue weighted by molar-refractivity contribution is 14.1. The van der Waals surface area contributed by atoms with Gasteiger partial charge in [0, 0.05) is 29.3 Å². The molecule has 0 atom stereocenters. The highest BCUT2D eigenvalue weighted by Crippen LogP contribution is 2.39. The van der Waals surface area contributed by atoms with Crippen LogP contribution in [-0.2, 0) is 35.2 Å². The van der Waals surface area contributed by atoms with E-state index in [1.54, 1.807) is 0 Å². The van der Waals surface area contributed by atoms with Crippen molar-refractivity contribution >= 4 is 22.6 Å². The largest absolute Gasteiger partial charge is 0.491 e. The molecule has 2 heterocycles. The summed E-state index contributed by atoms with van der Waals surface area (Å²) in [5, 5.41) is 0. The Morgan fingerprint density at radius 1 is 0.372 bits per heavy atom. The van der Waals surface area contributed by atoms with Crippen molar-refractivity contribution in [2.45, 2.75) is 25.7 Å². The summed E-state index contributed by atoms with van der Waals surface area (Å²) in [6.45, 7) is 3.92. The van der Waals surface area contributed by atoms with Gasteiger partial charge in [0.2, 0.25) is 0 Å². The van der Waals surface area contributed by atoms with E-state index in [1.807, 2.05) is 0 Å². The summed E-state index contributed by atoms with van der Waals surface area (Å²) < 4.78 is 39.1. The fraction of sp³-hybridized carbons (Fsp3) is 0.333. The minimum atomic E-state index is 0.478. The molecule has 0 saturated carbocycles.